The van der Waals surface area contributed by atoms with E-state index in [0.717, 1.165) is 33.0 Å². The van der Waals surface area contributed by atoms with E-state index >= 15 is 0 Å². The van der Waals surface area contributed by atoms with Gasteiger partial charge >= 0.3 is 0 Å². The molecule has 0 fully saturated rings. The molecule has 174 valence electrons. The number of nitrogens with one attached hydrogen (secondary N) is 1. The molecular weight excluding hydrogens is 446 g/mol. The minimum atomic E-state index is -3.99. The zero-order chi connectivity index (χ0) is 24.2. The molecular formula is C23H25N3O6S. The first-order chi connectivity index (χ1) is 15.7. The predicted molar refractivity (Wildman–Crippen MR) is 127 cm³/mol. The molecule has 3 aromatic carbocycles. The van der Waals surface area contributed by atoms with E-state index in [1.54, 1.807) is 6.92 Å². The molecule has 0 aromatic heterocycles. The lowest BCUT2D eigenvalue weighted by molar-refractivity contribution is -0.384. The SMILES string of the molecule is CC[C@H](C(=O)NCc1ccc2ccccc2c1)N(c1cc([N+](=O)[O-])ccc1OC)S(C)(=O)=O. The summed E-state index contributed by atoms with van der Waals surface area (Å²) in [7, 11) is -2.67. The van der Waals surface area contributed by atoms with E-state index in [-0.39, 0.29) is 30.1 Å². The lowest BCUT2D eigenvalue weighted by Gasteiger charge is -2.31. The Morgan fingerprint density at radius 3 is 2.42 bits per heavy atom. The van der Waals surface area contributed by atoms with Crippen LogP contribution in [-0.4, -0.2) is 38.7 Å². The number of nitro groups is 1. The summed E-state index contributed by atoms with van der Waals surface area (Å²) in [6.07, 6.45) is 1.09. The molecule has 0 aliphatic rings. The van der Waals surface area contributed by atoms with Crippen molar-refractivity contribution >= 4 is 38.1 Å². The van der Waals surface area contributed by atoms with Crippen LogP contribution in [0, 0.1) is 10.1 Å². The van der Waals surface area contributed by atoms with Crippen molar-refractivity contribution in [3.05, 3.63) is 76.3 Å². The van der Waals surface area contributed by atoms with Gasteiger partial charge in [0.1, 0.15) is 17.5 Å². The number of rotatable bonds is 9. The fourth-order valence-electron chi connectivity index (χ4n) is 3.66. The summed E-state index contributed by atoms with van der Waals surface area (Å²) < 4.78 is 31.6. The van der Waals surface area contributed by atoms with Gasteiger partial charge < -0.3 is 10.1 Å². The van der Waals surface area contributed by atoms with Gasteiger partial charge in [-0.25, -0.2) is 8.42 Å². The highest BCUT2D eigenvalue weighted by atomic mass is 32.2. The summed E-state index contributed by atoms with van der Waals surface area (Å²) in [5, 5.41) is 16.2. The van der Waals surface area contributed by atoms with Crippen LogP contribution in [0.3, 0.4) is 0 Å². The molecule has 0 bridgehead atoms. The van der Waals surface area contributed by atoms with Crippen LogP contribution in [0.5, 0.6) is 5.75 Å². The smallest absolute Gasteiger partial charge is 0.271 e. The number of nitrogens with zero attached hydrogens (tertiary/aromatic N) is 2. The van der Waals surface area contributed by atoms with Crippen molar-refractivity contribution in [1.82, 2.24) is 5.32 Å². The van der Waals surface area contributed by atoms with Crippen LogP contribution in [0.15, 0.2) is 60.7 Å². The van der Waals surface area contributed by atoms with Crippen LogP contribution in [0.4, 0.5) is 11.4 Å². The number of non-ortho nitro benzene ring substituents is 1. The molecule has 0 aliphatic carbocycles. The third-order valence-corrected chi connectivity index (χ3v) is 6.39. The number of carbonyl (C=O) groups excluding carboxylic acids is 1. The Bertz CT molecular complexity index is 1290. The summed E-state index contributed by atoms with van der Waals surface area (Å²) >= 11 is 0. The normalized spacial score (nSPS) is 12.2. The zero-order valence-corrected chi connectivity index (χ0v) is 19.3. The largest absolute Gasteiger partial charge is 0.495 e. The van der Waals surface area contributed by atoms with E-state index in [1.807, 2.05) is 42.5 Å². The second-order valence-electron chi connectivity index (χ2n) is 7.50. The van der Waals surface area contributed by atoms with E-state index < -0.39 is 26.9 Å². The van der Waals surface area contributed by atoms with Gasteiger partial charge in [-0.15, -0.1) is 0 Å². The van der Waals surface area contributed by atoms with Gasteiger partial charge in [0.25, 0.3) is 5.69 Å². The number of hydrogen-bond acceptors (Lipinski definition) is 6. The highest BCUT2D eigenvalue weighted by Gasteiger charge is 2.34. The predicted octanol–water partition coefficient (Wildman–Crippen LogP) is 3.62. The Hall–Kier alpha value is -3.66. The van der Waals surface area contributed by atoms with Crippen LogP contribution in [-0.2, 0) is 21.4 Å². The quantitative estimate of drug-likeness (QED) is 0.376. The summed E-state index contributed by atoms with van der Waals surface area (Å²) in [5.74, 6) is -0.420. The van der Waals surface area contributed by atoms with Crippen molar-refractivity contribution in [1.29, 1.82) is 0 Å². The number of nitro benzene ring substituents is 1. The maximum absolute atomic E-state index is 13.1. The van der Waals surface area contributed by atoms with Crippen molar-refractivity contribution in [2.24, 2.45) is 0 Å². The van der Waals surface area contributed by atoms with Gasteiger partial charge in [0.2, 0.25) is 15.9 Å². The molecule has 0 unspecified atom stereocenters. The van der Waals surface area contributed by atoms with E-state index in [1.165, 1.54) is 19.2 Å². The summed E-state index contributed by atoms with van der Waals surface area (Å²) in [4.78, 5) is 23.7. The molecule has 1 N–H and O–H groups in total. The van der Waals surface area contributed by atoms with Crippen molar-refractivity contribution in [2.45, 2.75) is 25.9 Å². The molecule has 3 rings (SSSR count). The second-order valence-corrected chi connectivity index (χ2v) is 9.35. The number of benzene rings is 3. The number of fused-ring (bicyclic) bond motifs is 1. The number of anilines is 1. The maximum Gasteiger partial charge on any atom is 0.271 e. The molecule has 0 radical (unpaired) electrons. The molecule has 1 atom stereocenters. The second kappa shape index (κ2) is 9.86. The number of carbonyl (C=O) groups is 1. The van der Waals surface area contributed by atoms with Crippen LogP contribution in [0.25, 0.3) is 10.8 Å². The average Bonchev–Trinajstić information content (AvgIpc) is 2.79. The van der Waals surface area contributed by atoms with Gasteiger partial charge in [-0.3, -0.25) is 19.2 Å². The number of amides is 1. The third-order valence-electron chi connectivity index (χ3n) is 5.22. The Kier molecular flexibility index (Phi) is 7.17. The molecule has 10 heteroatoms. The van der Waals surface area contributed by atoms with E-state index in [2.05, 4.69) is 5.32 Å². The van der Waals surface area contributed by atoms with Gasteiger partial charge in [-0.05, 0) is 34.9 Å². The first kappa shape index (κ1) is 24.0. The highest BCUT2D eigenvalue weighted by Crippen LogP contribution is 2.35. The molecule has 0 spiro atoms. The first-order valence-corrected chi connectivity index (χ1v) is 12.1. The van der Waals surface area contributed by atoms with Crippen LogP contribution in [0.2, 0.25) is 0 Å². The van der Waals surface area contributed by atoms with E-state index in [4.69, 9.17) is 4.74 Å². The van der Waals surface area contributed by atoms with E-state index in [0.29, 0.717) is 0 Å². The first-order valence-electron chi connectivity index (χ1n) is 10.2. The lowest BCUT2D eigenvalue weighted by atomic mass is 10.1. The Labute approximate surface area is 192 Å². The van der Waals surface area contributed by atoms with Gasteiger partial charge in [0.15, 0.2) is 0 Å². The molecule has 1 amide bonds. The molecule has 0 saturated heterocycles. The number of ether oxygens (including phenoxy) is 1. The fraction of sp³-hybridized carbons (Fsp3) is 0.261. The zero-order valence-electron chi connectivity index (χ0n) is 18.5. The van der Waals surface area contributed by atoms with Crippen LogP contribution in [0.1, 0.15) is 18.9 Å². The standard InChI is InChI=1S/C23H25N3O6S/c1-4-20(23(27)24-15-16-9-10-17-7-5-6-8-18(17)13-16)25(33(3,30)31)21-14-19(26(28)29)11-12-22(21)32-2/h5-14,20H,4,15H2,1-3H3,(H,24,27)/t20-/m1/s1. The van der Waals surface area contributed by atoms with Crippen molar-refractivity contribution in [3.8, 4) is 5.75 Å². The molecule has 3 aromatic rings. The minimum absolute atomic E-state index is 0.0677. The molecule has 33 heavy (non-hydrogen) atoms. The van der Waals surface area contributed by atoms with Gasteiger partial charge in [0, 0.05) is 18.7 Å². The monoisotopic (exact) mass is 471 g/mol. The summed E-state index contributed by atoms with van der Waals surface area (Å²) in [5.41, 5.74) is 0.475. The molecule has 9 nitrogen and oxygen atoms in total. The van der Waals surface area contributed by atoms with Crippen molar-refractivity contribution in [3.63, 3.8) is 0 Å². The molecule has 0 heterocycles. The van der Waals surface area contributed by atoms with Gasteiger partial charge in [-0.2, -0.15) is 0 Å². The third kappa shape index (κ3) is 5.40. The maximum atomic E-state index is 13.1. The highest BCUT2D eigenvalue weighted by molar-refractivity contribution is 7.92. The lowest BCUT2D eigenvalue weighted by Crippen LogP contribution is -2.49. The number of sulfonamides is 1. The molecule has 0 aliphatic heterocycles. The summed E-state index contributed by atoms with van der Waals surface area (Å²) in [6, 6.07) is 16.1. The average molecular weight is 472 g/mol. The van der Waals surface area contributed by atoms with E-state index in [9.17, 15) is 23.3 Å². The Morgan fingerprint density at radius 1 is 1.12 bits per heavy atom. The van der Waals surface area contributed by atoms with Crippen LogP contribution < -0.4 is 14.4 Å². The number of methoxy groups -OCH3 is 1. The van der Waals surface area contributed by atoms with Crippen LogP contribution >= 0.6 is 0 Å². The topological polar surface area (TPSA) is 119 Å². The Morgan fingerprint density at radius 2 is 1.82 bits per heavy atom. The van der Waals surface area contributed by atoms with Crippen molar-refractivity contribution in [2.75, 3.05) is 17.7 Å². The van der Waals surface area contributed by atoms with Gasteiger partial charge in [-0.1, -0.05) is 43.3 Å². The Balaban J connectivity index is 1.92. The minimum Gasteiger partial charge on any atom is -0.495 e. The fourth-order valence-corrected chi connectivity index (χ4v) is 4.86. The number of hydrogen-bond donors (Lipinski definition) is 1. The van der Waals surface area contributed by atoms with Crippen molar-refractivity contribution < 1.29 is 22.9 Å². The van der Waals surface area contributed by atoms with Gasteiger partial charge in [0.05, 0.1) is 18.3 Å². The molecule has 0 saturated carbocycles. The summed E-state index contributed by atoms with van der Waals surface area (Å²) in [6.45, 7) is 1.87.